The van der Waals surface area contributed by atoms with E-state index in [0.29, 0.717) is 11.4 Å². The van der Waals surface area contributed by atoms with Crippen LogP contribution in [0.3, 0.4) is 0 Å². The summed E-state index contributed by atoms with van der Waals surface area (Å²) in [5, 5.41) is 0. The zero-order valence-electron chi connectivity index (χ0n) is 7.79. The van der Waals surface area contributed by atoms with E-state index in [-0.39, 0.29) is 5.91 Å². The highest BCUT2D eigenvalue weighted by Crippen LogP contribution is 2.04. The van der Waals surface area contributed by atoms with Crippen LogP contribution in [0.4, 0.5) is 0 Å². The first-order chi connectivity index (χ1) is 7.31. The molecule has 2 aromatic rings. The number of nitrogens with one attached hydrogen (secondary N) is 1. The molecule has 0 unspecified atom stereocenters. The van der Waals surface area contributed by atoms with Gasteiger partial charge < -0.3 is 0 Å². The summed E-state index contributed by atoms with van der Waals surface area (Å²) in [6, 6.07) is 3.36. The molecule has 0 atom stereocenters. The summed E-state index contributed by atoms with van der Waals surface area (Å²) < 4.78 is 1.74. The number of nitrogen functional groups attached to an aromatic ring is 1. The van der Waals surface area contributed by atoms with Gasteiger partial charge >= 0.3 is 0 Å². The van der Waals surface area contributed by atoms with Gasteiger partial charge in [0, 0.05) is 18.6 Å². The fraction of sp³-hybridized carbons (Fsp3) is 0. The average molecular weight is 203 g/mol. The first-order valence-electron chi connectivity index (χ1n) is 4.26. The Hall–Kier alpha value is -2.21. The molecule has 0 saturated heterocycles. The zero-order valence-corrected chi connectivity index (χ0v) is 7.79. The summed E-state index contributed by atoms with van der Waals surface area (Å²) in [4.78, 5) is 19.1. The van der Waals surface area contributed by atoms with Crippen LogP contribution in [0.25, 0.3) is 5.82 Å². The van der Waals surface area contributed by atoms with E-state index < -0.39 is 0 Å². The summed E-state index contributed by atoms with van der Waals surface area (Å²) in [7, 11) is 0. The van der Waals surface area contributed by atoms with Gasteiger partial charge in [0.05, 0.1) is 5.56 Å². The molecule has 2 aromatic heterocycles. The molecular formula is C9H9N5O. The van der Waals surface area contributed by atoms with Crippen molar-refractivity contribution < 1.29 is 4.79 Å². The van der Waals surface area contributed by atoms with Crippen LogP contribution < -0.4 is 11.3 Å². The molecule has 6 heteroatoms. The molecule has 0 aliphatic carbocycles. The highest BCUT2D eigenvalue weighted by molar-refractivity contribution is 5.93. The number of nitrogens with two attached hydrogens (primary N) is 1. The number of aromatic nitrogens is 3. The van der Waals surface area contributed by atoms with Crippen molar-refractivity contribution in [3.63, 3.8) is 0 Å². The molecule has 3 N–H and O–H groups in total. The number of hydrogen-bond donors (Lipinski definition) is 2. The molecule has 6 nitrogen and oxygen atoms in total. The van der Waals surface area contributed by atoms with Crippen molar-refractivity contribution in [3.05, 3.63) is 42.6 Å². The molecule has 2 heterocycles. The van der Waals surface area contributed by atoms with E-state index in [1.54, 1.807) is 35.4 Å². The normalized spacial score (nSPS) is 9.93. The second-order valence-electron chi connectivity index (χ2n) is 2.85. The highest BCUT2D eigenvalue weighted by atomic mass is 16.2. The van der Waals surface area contributed by atoms with Crippen molar-refractivity contribution in [2.45, 2.75) is 0 Å². The fourth-order valence-corrected chi connectivity index (χ4v) is 1.15. The Balaban J connectivity index is 2.29. The molecule has 0 aromatic carbocycles. The minimum Gasteiger partial charge on any atom is -0.291 e. The summed E-state index contributed by atoms with van der Waals surface area (Å²) in [5.41, 5.74) is 2.46. The Bertz CT molecular complexity index is 448. The van der Waals surface area contributed by atoms with Gasteiger partial charge in [-0.25, -0.2) is 15.8 Å². The van der Waals surface area contributed by atoms with Crippen LogP contribution in [0.1, 0.15) is 10.4 Å². The van der Waals surface area contributed by atoms with Gasteiger partial charge in [0.25, 0.3) is 5.91 Å². The lowest BCUT2D eigenvalue weighted by Crippen LogP contribution is -2.30. The predicted molar refractivity (Wildman–Crippen MR) is 53.0 cm³/mol. The Morgan fingerprint density at radius 1 is 1.47 bits per heavy atom. The van der Waals surface area contributed by atoms with Gasteiger partial charge in [-0.15, -0.1) is 0 Å². The molecule has 0 bridgehead atoms. The van der Waals surface area contributed by atoms with Crippen LogP contribution in [0.5, 0.6) is 0 Å². The molecule has 76 valence electrons. The van der Waals surface area contributed by atoms with E-state index in [4.69, 9.17) is 5.84 Å². The molecule has 0 aliphatic rings. The highest BCUT2D eigenvalue weighted by Gasteiger charge is 2.03. The number of hydrazine groups is 1. The van der Waals surface area contributed by atoms with E-state index in [1.165, 1.54) is 6.20 Å². The van der Waals surface area contributed by atoms with E-state index in [2.05, 4.69) is 9.97 Å². The monoisotopic (exact) mass is 203 g/mol. The molecule has 2 rings (SSSR count). The molecule has 0 aliphatic heterocycles. The number of nitrogens with zero attached hydrogens (tertiary/aromatic N) is 3. The van der Waals surface area contributed by atoms with Crippen molar-refractivity contribution in [2.75, 3.05) is 0 Å². The molecule has 1 amide bonds. The zero-order chi connectivity index (χ0) is 10.7. The fourth-order valence-electron chi connectivity index (χ4n) is 1.15. The van der Waals surface area contributed by atoms with E-state index in [9.17, 15) is 4.79 Å². The topological polar surface area (TPSA) is 85.8 Å². The minimum atomic E-state index is -0.361. The van der Waals surface area contributed by atoms with Crippen LogP contribution in [0.15, 0.2) is 37.1 Å². The van der Waals surface area contributed by atoms with E-state index in [0.717, 1.165) is 0 Å². The second kappa shape index (κ2) is 3.89. The smallest absolute Gasteiger partial charge is 0.266 e. The lowest BCUT2D eigenvalue weighted by molar-refractivity contribution is 0.0953. The third kappa shape index (κ3) is 1.84. The van der Waals surface area contributed by atoms with E-state index >= 15 is 0 Å². The lowest BCUT2D eigenvalue weighted by Gasteiger charge is -2.02. The average Bonchev–Trinajstić information content (AvgIpc) is 2.82. The van der Waals surface area contributed by atoms with Gasteiger partial charge in [-0.05, 0) is 12.1 Å². The molecule has 0 radical (unpaired) electrons. The van der Waals surface area contributed by atoms with Crippen LogP contribution in [-0.4, -0.2) is 20.4 Å². The van der Waals surface area contributed by atoms with Crippen LogP contribution >= 0.6 is 0 Å². The Kier molecular flexibility index (Phi) is 2.42. The maximum atomic E-state index is 11.1. The quantitative estimate of drug-likeness (QED) is 0.404. The van der Waals surface area contributed by atoms with Crippen molar-refractivity contribution in [3.8, 4) is 5.82 Å². The number of pyridine rings is 1. The van der Waals surface area contributed by atoms with Crippen LogP contribution in [0.2, 0.25) is 0 Å². The number of hydrogen-bond acceptors (Lipinski definition) is 4. The van der Waals surface area contributed by atoms with Gasteiger partial charge in [0.2, 0.25) is 0 Å². The van der Waals surface area contributed by atoms with Crippen molar-refractivity contribution in [2.24, 2.45) is 5.84 Å². The molecule has 0 spiro atoms. The van der Waals surface area contributed by atoms with Gasteiger partial charge in [-0.2, -0.15) is 0 Å². The number of carbonyl (C=O) groups is 1. The third-order valence-electron chi connectivity index (χ3n) is 1.91. The van der Waals surface area contributed by atoms with Crippen molar-refractivity contribution in [1.29, 1.82) is 0 Å². The van der Waals surface area contributed by atoms with E-state index in [1.807, 2.05) is 5.43 Å². The lowest BCUT2D eigenvalue weighted by atomic mass is 10.3. The third-order valence-corrected chi connectivity index (χ3v) is 1.91. The predicted octanol–water partition coefficient (Wildman–Crippen LogP) is -0.129. The molecule has 0 saturated carbocycles. The number of carbonyl (C=O) groups excluding carboxylic acids is 1. The number of amides is 1. The Morgan fingerprint density at radius 3 is 2.87 bits per heavy atom. The summed E-state index contributed by atoms with van der Waals surface area (Å²) >= 11 is 0. The maximum absolute atomic E-state index is 11.1. The second-order valence-corrected chi connectivity index (χ2v) is 2.85. The SMILES string of the molecule is NNC(=O)c1ccc(-n2ccnc2)nc1. The summed E-state index contributed by atoms with van der Waals surface area (Å²) in [6.45, 7) is 0. The summed E-state index contributed by atoms with van der Waals surface area (Å²) in [5.74, 6) is 5.33. The molecule has 15 heavy (non-hydrogen) atoms. The van der Waals surface area contributed by atoms with Gasteiger partial charge in [0.1, 0.15) is 12.1 Å². The van der Waals surface area contributed by atoms with Crippen molar-refractivity contribution >= 4 is 5.91 Å². The van der Waals surface area contributed by atoms with Crippen molar-refractivity contribution in [1.82, 2.24) is 20.0 Å². The number of rotatable bonds is 2. The molecule has 0 fully saturated rings. The van der Waals surface area contributed by atoms with Gasteiger partial charge in [0.15, 0.2) is 0 Å². The van der Waals surface area contributed by atoms with Gasteiger partial charge in [-0.1, -0.05) is 0 Å². The Labute approximate surface area is 85.7 Å². The largest absolute Gasteiger partial charge is 0.291 e. The first kappa shape index (κ1) is 9.35. The minimum absolute atomic E-state index is 0.361. The van der Waals surface area contributed by atoms with Gasteiger partial charge in [-0.3, -0.25) is 14.8 Å². The Morgan fingerprint density at radius 2 is 2.33 bits per heavy atom. The number of imidazole rings is 1. The standard InChI is InChI=1S/C9H9N5O/c10-13-9(15)7-1-2-8(12-5-7)14-4-3-11-6-14/h1-6H,10H2,(H,13,15). The van der Waals surface area contributed by atoms with Crippen LogP contribution in [-0.2, 0) is 0 Å². The van der Waals surface area contributed by atoms with Crippen LogP contribution in [0, 0.1) is 0 Å². The summed E-state index contributed by atoms with van der Waals surface area (Å²) in [6.07, 6.45) is 6.51. The first-order valence-corrected chi connectivity index (χ1v) is 4.26. The molecular weight excluding hydrogens is 194 g/mol. The maximum Gasteiger partial charge on any atom is 0.266 e.